The van der Waals surface area contributed by atoms with Crippen molar-refractivity contribution in [3.63, 3.8) is 0 Å². The van der Waals surface area contributed by atoms with Crippen molar-refractivity contribution in [2.75, 3.05) is 58.3 Å². The zero-order valence-electron chi connectivity index (χ0n) is 16.6. The molecule has 1 amide bonds. The van der Waals surface area contributed by atoms with Gasteiger partial charge in [0.05, 0.1) is 19.0 Å². The molecule has 2 aromatic rings. The van der Waals surface area contributed by atoms with Crippen LogP contribution in [0, 0.1) is 0 Å². The fourth-order valence-electron chi connectivity index (χ4n) is 3.09. The van der Waals surface area contributed by atoms with Crippen molar-refractivity contribution in [2.24, 2.45) is 0 Å². The predicted octanol–water partition coefficient (Wildman–Crippen LogP) is 2.36. The van der Waals surface area contributed by atoms with E-state index in [0.717, 1.165) is 49.9 Å². The maximum absolute atomic E-state index is 12.6. The van der Waals surface area contributed by atoms with Gasteiger partial charge in [-0.25, -0.2) is 4.98 Å². The Hall–Kier alpha value is -2.80. The average molecular weight is 384 g/mol. The third kappa shape index (κ3) is 5.36. The van der Waals surface area contributed by atoms with E-state index in [1.54, 1.807) is 19.4 Å². The summed E-state index contributed by atoms with van der Waals surface area (Å²) in [7, 11) is 1.64. The van der Waals surface area contributed by atoms with Gasteiger partial charge in [0.1, 0.15) is 23.8 Å². The minimum Gasteiger partial charge on any atom is -0.497 e. The number of benzene rings is 1. The van der Waals surface area contributed by atoms with Crippen molar-refractivity contribution in [3.8, 4) is 11.5 Å². The second-order valence-corrected chi connectivity index (χ2v) is 6.61. The van der Waals surface area contributed by atoms with Crippen molar-refractivity contribution in [3.05, 3.63) is 48.3 Å². The van der Waals surface area contributed by atoms with Crippen LogP contribution in [0.15, 0.2) is 42.6 Å². The Morgan fingerprint density at radius 1 is 1.07 bits per heavy atom. The highest BCUT2D eigenvalue weighted by molar-refractivity contribution is 5.92. The molecule has 7 nitrogen and oxygen atoms in total. The summed E-state index contributed by atoms with van der Waals surface area (Å²) >= 11 is 0. The quantitative estimate of drug-likeness (QED) is 0.705. The van der Waals surface area contributed by atoms with Gasteiger partial charge >= 0.3 is 0 Å². The molecule has 1 aliphatic rings. The molecule has 0 aliphatic carbocycles. The SMILES string of the molecule is CCN1CCN(C(=O)c2ccc(NCCOc3ccc(OC)cc3)cn2)CC1. The van der Waals surface area contributed by atoms with Crippen molar-refractivity contribution >= 4 is 11.6 Å². The van der Waals surface area contributed by atoms with Crippen molar-refractivity contribution in [2.45, 2.75) is 6.92 Å². The van der Waals surface area contributed by atoms with Crippen LogP contribution < -0.4 is 14.8 Å². The number of pyridine rings is 1. The second kappa shape index (κ2) is 9.94. The number of piperazine rings is 1. The normalized spacial score (nSPS) is 14.6. The Morgan fingerprint density at radius 3 is 2.39 bits per heavy atom. The maximum Gasteiger partial charge on any atom is 0.272 e. The lowest BCUT2D eigenvalue weighted by atomic mass is 10.2. The van der Waals surface area contributed by atoms with Crippen LogP contribution in [-0.2, 0) is 0 Å². The maximum atomic E-state index is 12.6. The molecule has 1 N–H and O–H groups in total. The molecule has 0 bridgehead atoms. The molecular formula is C21H28N4O3. The van der Waals surface area contributed by atoms with Crippen LogP contribution in [0.3, 0.4) is 0 Å². The Kier molecular flexibility index (Phi) is 7.08. The molecular weight excluding hydrogens is 356 g/mol. The lowest BCUT2D eigenvalue weighted by molar-refractivity contribution is 0.0637. The molecule has 0 radical (unpaired) electrons. The summed E-state index contributed by atoms with van der Waals surface area (Å²) in [6.07, 6.45) is 1.70. The van der Waals surface area contributed by atoms with Gasteiger partial charge in [-0.1, -0.05) is 6.92 Å². The van der Waals surface area contributed by atoms with Crippen molar-refractivity contribution in [1.29, 1.82) is 0 Å². The smallest absolute Gasteiger partial charge is 0.272 e. The minimum absolute atomic E-state index is 0.00476. The van der Waals surface area contributed by atoms with Crippen LogP contribution in [0.25, 0.3) is 0 Å². The fourth-order valence-corrected chi connectivity index (χ4v) is 3.09. The topological polar surface area (TPSA) is 66.9 Å². The fraction of sp³-hybridized carbons (Fsp3) is 0.429. The molecule has 1 aliphatic heterocycles. The third-order valence-electron chi connectivity index (χ3n) is 4.85. The molecule has 0 spiro atoms. The first kappa shape index (κ1) is 19.9. The molecule has 1 saturated heterocycles. The van der Waals surface area contributed by atoms with E-state index in [2.05, 4.69) is 22.1 Å². The predicted molar refractivity (Wildman–Crippen MR) is 109 cm³/mol. The van der Waals surface area contributed by atoms with E-state index in [1.165, 1.54) is 0 Å². The number of hydrogen-bond acceptors (Lipinski definition) is 6. The highest BCUT2D eigenvalue weighted by Crippen LogP contribution is 2.17. The zero-order chi connectivity index (χ0) is 19.8. The molecule has 150 valence electrons. The highest BCUT2D eigenvalue weighted by atomic mass is 16.5. The van der Waals surface area contributed by atoms with Crippen LogP contribution in [0.1, 0.15) is 17.4 Å². The van der Waals surface area contributed by atoms with Crippen molar-refractivity contribution in [1.82, 2.24) is 14.8 Å². The standard InChI is InChI=1S/C21H28N4O3/c1-3-24-11-13-25(14-12-24)21(26)20-9-4-17(16-23-20)22-10-15-28-19-7-5-18(27-2)6-8-19/h4-9,16,22H,3,10-15H2,1-2H3. The molecule has 0 saturated carbocycles. The van der Waals surface area contributed by atoms with Gasteiger partial charge in [0, 0.05) is 32.7 Å². The Morgan fingerprint density at radius 2 is 1.79 bits per heavy atom. The van der Waals surface area contributed by atoms with E-state index < -0.39 is 0 Å². The summed E-state index contributed by atoms with van der Waals surface area (Å²) in [6.45, 7) is 7.71. The van der Waals surface area contributed by atoms with Crippen LogP contribution in [0.2, 0.25) is 0 Å². The van der Waals surface area contributed by atoms with Gasteiger partial charge in [0.15, 0.2) is 0 Å². The number of carbonyl (C=O) groups is 1. The van der Waals surface area contributed by atoms with Crippen LogP contribution in [-0.4, -0.2) is 73.7 Å². The summed E-state index contributed by atoms with van der Waals surface area (Å²) in [5.74, 6) is 1.61. The first-order valence-electron chi connectivity index (χ1n) is 9.68. The van der Waals surface area contributed by atoms with E-state index in [0.29, 0.717) is 18.8 Å². The second-order valence-electron chi connectivity index (χ2n) is 6.61. The minimum atomic E-state index is 0.00476. The number of amides is 1. The van der Waals surface area contributed by atoms with Gasteiger partial charge in [-0.15, -0.1) is 0 Å². The first-order chi connectivity index (χ1) is 13.7. The van der Waals surface area contributed by atoms with E-state index in [9.17, 15) is 4.79 Å². The van der Waals surface area contributed by atoms with E-state index in [-0.39, 0.29) is 5.91 Å². The summed E-state index contributed by atoms with van der Waals surface area (Å²) in [5.41, 5.74) is 1.36. The number of ether oxygens (including phenoxy) is 2. The molecule has 28 heavy (non-hydrogen) atoms. The van der Waals surface area contributed by atoms with Crippen LogP contribution >= 0.6 is 0 Å². The number of nitrogens with zero attached hydrogens (tertiary/aromatic N) is 3. The van der Waals surface area contributed by atoms with Gasteiger partial charge in [-0.05, 0) is 42.9 Å². The molecule has 1 aromatic carbocycles. The summed E-state index contributed by atoms with van der Waals surface area (Å²) in [4.78, 5) is 21.1. The highest BCUT2D eigenvalue weighted by Gasteiger charge is 2.21. The number of aromatic nitrogens is 1. The third-order valence-corrected chi connectivity index (χ3v) is 4.85. The van der Waals surface area contributed by atoms with E-state index in [4.69, 9.17) is 9.47 Å². The molecule has 2 heterocycles. The van der Waals surface area contributed by atoms with Crippen molar-refractivity contribution < 1.29 is 14.3 Å². The summed E-state index contributed by atoms with van der Waals surface area (Å²) in [6, 6.07) is 11.1. The Balaban J connectivity index is 1.42. The number of methoxy groups -OCH3 is 1. The number of likely N-dealkylation sites (N-methyl/N-ethyl adjacent to an activating group) is 1. The Bertz CT molecular complexity index is 741. The van der Waals surface area contributed by atoms with E-state index in [1.807, 2.05) is 35.2 Å². The number of carbonyl (C=O) groups excluding carboxylic acids is 1. The van der Waals surface area contributed by atoms with Gasteiger partial charge in [-0.3, -0.25) is 4.79 Å². The monoisotopic (exact) mass is 384 g/mol. The molecule has 0 atom stereocenters. The number of rotatable bonds is 8. The summed E-state index contributed by atoms with van der Waals surface area (Å²) < 4.78 is 10.8. The lowest BCUT2D eigenvalue weighted by Gasteiger charge is -2.33. The largest absolute Gasteiger partial charge is 0.497 e. The number of nitrogens with one attached hydrogen (secondary N) is 1. The Labute approximate surface area is 166 Å². The van der Waals surface area contributed by atoms with Gasteiger partial charge < -0.3 is 24.6 Å². The van der Waals surface area contributed by atoms with Gasteiger partial charge in [0.25, 0.3) is 5.91 Å². The summed E-state index contributed by atoms with van der Waals surface area (Å²) in [5, 5.41) is 3.25. The van der Waals surface area contributed by atoms with Crippen LogP contribution in [0.4, 0.5) is 5.69 Å². The lowest BCUT2D eigenvalue weighted by Crippen LogP contribution is -2.48. The van der Waals surface area contributed by atoms with Gasteiger partial charge in [0.2, 0.25) is 0 Å². The molecule has 7 heteroatoms. The van der Waals surface area contributed by atoms with Crippen LogP contribution in [0.5, 0.6) is 11.5 Å². The number of hydrogen-bond donors (Lipinski definition) is 1. The zero-order valence-corrected chi connectivity index (χ0v) is 16.6. The van der Waals surface area contributed by atoms with Gasteiger partial charge in [-0.2, -0.15) is 0 Å². The number of anilines is 1. The molecule has 3 rings (SSSR count). The average Bonchev–Trinajstić information content (AvgIpc) is 2.77. The van der Waals surface area contributed by atoms with E-state index >= 15 is 0 Å². The molecule has 1 fully saturated rings. The molecule has 0 unspecified atom stereocenters. The first-order valence-corrected chi connectivity index (χ1v) is 9.68. The molecule has 1 aromatic heterocycles.